The van der Waals surface area contributed by atoms with Crippen LogP contribution >= 0.6 is 0 Å². The van der Waals surface area contributed by atoms with Gasteiger partial charge in [-0.05, 0) is 47.8 Å². The Morgan fingerprint density at radius 3 is 2.77 bits per heavy atom. The number of furan rings is 1. The smallest absolute Gasteiger partial charge is 0.353 e. The third kappa shape index (κ3) is 2.05. The second kappa shape index (κ2) is 5.49. The van der Waals surface area contributed by atoms with E-state index in [9.17, 15) is 0 Å². The van der Waals surface area contributed by atoms with Crippen LogP contribution < -0.4 is 4.57 Å². The van der Waals surface area contributed by atoms with Gasteiger partial charge in [-0.1, -0.05) is 24.8 Å². The van der Waals surface area contributed by atoms with Crippen LogP contribution in [0.15, 0.2) is 71.9 Å². The zero-order chi connectivity index (χ0) is 17.7. The van der Waals surface area contributed by atoms with Crippen molar-refractivity contribution in [3.63, 3.8) is 0 Å². The van der Waals surface area contributed by atoms with Gasteiger partial charge in [0, 0.05) is 16.3 Å². The van der Waals surface area contributed by atoms with Crippen molar-refractivity contribution in [2.24, 2.45) is 0 Å². The van der Waals surface area contributed by atoms with Gasteiger partial charge in [-0.3, -0.25) is 0 Å². The lowest BCUT2D eigenvalue weighted by Gasteiger charge is -2.08. The minimum absolute atomic E-state index is 0.782. The van der Waals surface area contributed by atoms with Crippen molar-refractivity contribution in [3.05, 3.63) is 73.1 Å². The Morgan fingerprint density at radius 1 is 1.00 bits per heavy atom. The van der Waals surface area contributed by atoms with Gasteiger partial charge in [-0.2, -0.15) is 4.57 Å². The van der Waals surface area contributed by atoms with Gasteiger partial charge in [0.25, 0.3) is 0 Å². The van der Waals surface area contributed by atoms with Crippen molar-refractivity contribution in [1.29, 1.82) is 0 Å². The van der Waals surface area contributed by atoms with E-state index in [0.717, 1.165) is 49.9 Å². The summed E-state index contributed by atoms with van der Waals surface area (Å²) >= 11 is 0. The number of rotatable bonds is 2. The molecule has 2 aromatic carbocycles. The molecule has 4 heteroatoms. The Balaban J connectivity index is 1.84. The van der Waals surface area contributed by atoms with E-state index in [4.69, 9.17) is 4.42 Å². The molecule has 3 aromatic heterocycles. The predicted molar refractivity (Wildman–Crippen MR) is 104 cm³/mol. The van der Waals surface area contributed by atoms with Crippen molar-refractivity contribution >= 4 is 39.3 Å². The van der Waals surface area contributed by atoms with E-state index in [0.29, 0.717) is 0 Å². The molecule has 0 bridgehead atoms. The highest BCUT2D eigenvalue weighted by molar-refractivity contribution is 6.06. The molecule has 0 fully saturated rings. The Morgan fingerprint density at radius 2 is 1.88 bits per heavy atom. The molecule has 0 saturated carbocycles. The van der Waals surface area contributed by atoms with E-state index in [2.05, 4.69) is 41.7 Å². The highest BCUT2D eigenvalue weighted by atomic mass is 16.3. The molecule has 0 unspecified atom stereocenters. The van der Waals surface area contributed by atoms with Crippen molar-refractivity contribution in [1.82, 2.24) is 9.97 Å². The highest BCUT2D eigenvalue weighted by Crippen LogP contribution is 2.33. The van der Waals surface area contributed by atoms with E-state index >= 15 is 0 Å². The molecule has 0 spiro atoms. The maximum Gasteiger partial charge on any atom is 0.353 e. The van der Waals surface area contributed by atoms with E-state index in [1.807, 2.05) is 41.1 Å². The third-order valence-electron chi connectivity index (χ3n) is 4.76. The van der Waals surface area contributed by atoms with Crippen LogP contribution in [-0.4, -0.2) is 9.97 Å². The first-order valence-electron chi connectivity index (χ1n) is 8.46. The van der Waals surface area contributed by atoms with Crippen molar-refractivity contribution in [2.75, 3.05) is 0 Å². The fraction of sp³-hybridized carbons (Fsp3) is 0.0455. The molecule has 0 N–H and O–H groups in total. The zero-order valence-electron chi connectivity index (χ0n) is 14.3. The van der Waals surface area contributed by atoms with Gasteiger partial charge < -0.3 is 4.42 Å². The Kier molecular flexibility index (Phi) is 3.12. The first kappa shape index (κ1) is 14.8. The molecule has 0 atom stereocenters. The first-order valence-corrected chi connectivity index (χ1v) is 8.46. The van der Waals surface area contributed by atoms with Gasteiger partial charge in [0.05, 0.1) is 12.4 Å². The lowest BCUT2D eigenvalue weighted by Crippen LogP contribution is -2.31. The van der Waals surface area contributed by atoms with Crippen LogP contribution in [0.2, 0.25) is 0 Å². The Bertz CT molecular complexity index is 1320. The average Bonchev–Trinajstić information content (AvgIpc) is 3.04. The lowest BCUT2D eigenvalue weighted by atomic mass is 10.0. The summed E-state index contributed by atoms with van der Waals surface area (Å²) in [6.07, 6.45) is 5.40. The van der Waals surface area contributed by atoms with Crippen molar-refractivity contribution in [3.8, 4) is 11.3 Å². The van der Waals surface area contributed by atoms with Gasteiger partial charge >= 0.3 is 5.65 Å². The molecule has 0 aliphatic carbocycles. The highest BCUT2D eigenvalue weighted by Gasteiger charge is 2.19. The number of fused-ring (bicyclic) bond motifs is 4. The third-order valence-corrected chi connectivity index (χ3v) is 4.76. The summed E-state index contributed by atoms with van der Waals surface area (Å²) in [6, 6.07) is 16.2. The topological polar surface area (TPSA) is 42.8 Å². The molecule has 0 aliphatic heterocycles. The van der Waals surface area contributed by atoms with Crippen LogP contribution in [-0.2, 0) is 0 Å². The second-order valence-corrected chi connectivity index (χ2v) is 6.30. The normalized spacial score (nSPS) is 11.4. The molecule has 0 radical (unpaired) electrons. The van der Waals surface area contributed by atoms with Gasteiger partial charge in [-0.15, -0.1) is 0 Å². The van der Waals surface area contributed by atoms with E-state index in [1.165, 1.54) is 0 Å². The zero-order valence-corrected chi connectivity index (χ0v) is 14.3. The number of hydrogen-bond donors (Lipinski definition) is 0. The van der Waals surface area contributed by atoms with Crippen LogP contribution in [0.3, 0.4) is 0 Å². The number of aromatic nitrogens is 3. The van der Waals surface area contributed by atoms with Gasteiger partial charge in [-0.25, -0.2) is 4.98 Å². The largest absolute Gasteiger partial charge is 0.456 e. The Hall–Kier alpha value is -3.53. The number of aryl methyl sites for hydroxylation is 1. The number of benzene rings is 2. The summed E-state index contributed by atoms with van der Waals surface area (Å²) in [5.74, 6) is 0. The summed E-state index contributed by atoms with van der Waals surface area (Å²) in [4.78, 5) is 9.04. The average molecular weight is 338 g/mol. The summed E-state index contributed by atoms with van der Waals surface area (Å²) in [7, 11) is 0. The molecule has 124 valence electrons. The van der Waals surface area contributed by atoms with Gasteiger partial charge in [0.1, 0.15) is 17.4 Å². The quantitative estimate of drug-likeness (QED) is 0.430. The maximum atomic E-state index is 6.06. The minimum Gasteiger partial charge on any atom is -0.456 e. The Labute approximate surface area is 150 Å². The van der Waals surface area contributed by atoms with Gasteiger partial charge in [0.2, 0.25) is 0 Å². The molecule has 3 heterocycles. The molecule has 26 heavy (non-hydrogen) atoms. The van der Waals surface area contributed by atoms with Gasteiger partial charge in [0.15, 0.2) is 11.2 Å². The molecular formula is C22H16N3O+. The van der Waals surface area contributed by atoms with Crippen LogP contribution in [0.5, 0.6) is 0 Å². The SMILES string of the molecule is C=C[n+]1c(-c2cc3oc4ccccc4c3cc2C)cnc2cccnc21. The number of hydrogen-bond acceptors (Lipinski definition) is 3. The molecule has 0 saturated heterocycles. The summed E-state index contributed by atoms with van der Waals surface area (Å²) < 4.78 is 8.03. The van der Waals surface area contributed by atoms with Crippen molar-refractivity contribution < 1.29 is 8.98 Å². The van der Waals surface area contributed by atoms with Crippen LogP contribution in [0.1, 0.15) is 5.56 Å². The van der Waals surface area contributed by atoms with Crippen LogP contribution in [0.4, 0.5) is 0 Å². The van der Waals surface area contributed by atoms with Crippen molar-refractivity contribution in [2.45, 2.75) is 6.92 Å². The summed E-state index contributed by atoms with van der Waals surface area (Å²) in [6.45, 7) is 6.07. The number of nitrogens with zero attached hydrogens (tertiary/aromatic N) is 3. The van der Waals surface area contributed by atoms with E-state index < -0.39 is 0 Å². The number of pyridine rings is 1. The molecule has 5 aromatic rings. The standard InChI is InChI=1S/C22H16N3O/c1-3-25-19(13-24-18-8-6-10-23-22(18)25)16-12-21-17(11-14(16)2)15-7-4-5-9-20(15)26-21/h3-13H,1H2,2H3/q+1. The fourth-order valence-electron chi connectivity index (χ4n) is 3.52. The number of para-hydroxylation sites is 1. The van der Waals surface area contributed by atoms with Crippen LogP contribution in [0, 0.1) is 6.92 Å². The van der Waals surface area contributed by atoms with Crippen LogP contribution in [0.25, 0.3) is 50.6 Å². The monoisotopic (exact) mass is 338 g/mol. The summed E-state index contributed by atoms with van der Waals surface area (Å²) in [5, 5.41) is 2.26. The molecule has 4 nitrogen and oxygen atoms in total. The molecular weight excluding hydrogens is 322 g/mol. The first-order chi connectivity index (χ1) is 12.8. The maximum absolute atomic E-state index is 6.06. The molecule has 5 rings (SSSR count). The molecule has 0 aliphatic rings. The minimum atomic E-state index is 0.782. The van der Waals surface area contributed by atoms with E-state index in [-0.39, 0.29) is 0 Å². The second-order valence-electron chi connectivity index (χ2n) is 6.30. The predicted octanol–water partition coefficient (Wildman–Crippen LogP) is 4.89. The lowest BCUT2D eigenvalue weighted by molar-refractivity contribution is -0.529. The van der Waals surface area contributed by atoms with E-state index in [1.54, 1.807) is 12.4 Å². The summed E-state index contributed by atoms with van der Waals surface area (Å²) in [5.41, 5.74) is 6.51. The molecule has 0 amide bonds. The fourth-order valence-corrected chi connectivity index (χ4v) is 3.52.